The topological polar surface area (TPSA) is 49.4 Å². The van der Waals surface area contributed by atoms with Crippen molar-refractivity contribution in [3.05, 3.63) is 64.2 Å². The van der Waals surface area contributed by atoms with Gasteiger partial charge in [-0.3, -0.25) is 0 Å². The van der Waals surface area contributed by atoms with Gasteiger partial charge in [0.25, 0.3) is 0 Å². The van der Waals surface area contributed by atoms with Gasteiger partial charge in [-0.15, -0.1) is 0 Å². The molecule has 0 saturated carbocycles. The summed E-state index contributed by atoms with van der Waals surface area (Å²) in [7, 11) is -2.42. The van der Waals surface area contributed by atoms with E-state index in [1.54, 1.807) is 12.1 Å². The van der Waals surface area contributed by atoms with Crippen LogP contribution in [0.15, 0.2) is 47.4 Å². The molecule has 0 spiro atoms. The third kappa shape index (κ3) is 5.93. The maximum atomic E-state index is 13.2. The Labute approximate surface area is 162 Å². The Morgan fingerprint density at radius 1 is 1.11 bits per heavy atom. The van der Waals surface area contributed by atoms with Gasteiger partial charge in [-0.2, -0.15) is 13.2 Å². The van der Waals surface area contributed by atoms with E-state index in [4.69, 9.17) is 11.6 Å². The number of halogens is 4. The lowest BCUT2D eigenvalue weighted by atomic mass is 10.1. The second kappa shape index (κ2) is 8.60. The van der Waals surface area contributed by atoms with Crippen LogP contribution in [-0.4, -0.2) is 26.9 Å². The van der Waals surface area contributed by atoms with Crippen molar-refractivity contribution in [2.45, 2.75) is 31.1 Å². The van der Waals surface area contributed by atoms with Gasteiger partial charge in [-0.05, 0) is 42.9 Å². The molecule has 0 atom stereocenters. The molecule has 0 heterocycles. The first kappa shape index (κ1) is 21.7. The Bertz CT molecular complexity index is 902. The van der Waals surface area contributed by atoms with E-state index < -0.39 is 26.7 Å². The van der Waals surface area contributed by atoms with Crippen LogP contribution in [0.4, 0.5) is 13.2 Å². The minimum Gasteiger partial charge on any atom is -0.302 e. The summed E-state index contributed by atoms with van der Waals surface area (Å²) in [4.78, 5) is 1.23. The summed E-state index contributed by atoms with van der Waals surface area (Å²) >= 11 is 5.60. The summed E-state index contributed by atoms with van der Waals surface area (Å²) in [6.07, 6.45) is -4.83. The van der Waals surface area contributed by atoms with E-state index in [0.717, 1.165) is 24.2 Å². The molecule has 2 rings (SSSR count). The second-order valence-corrected chi connectivity index (χ2v) is 8.28. The van der Waals surface area contributed by atoms with Crippen molar-refractivity contribution in [3.8, 4) is 0 Å². The van der Waals surface area contributed by atoms with E-state index in [1.165, 1.54) is 0 Å². The molecule has 0 saturated heterocycles. The zero-order valence-corrected chi connectivity index (χ0v) is 16.4. The number of sulfonamides is 1. The Morgan fingerprint density at radius 2 is 1.78 bits per heavy atom. The molecule has 148 valence electrons. The quantitative estimate of drug-likeness (QED) is 0.727. The molecule has 0 aliphatic rings. The lowest BCUT2D eigenvalue weighted by Gasteiger charge is -2.16. The molecule has 0 fully saturated rings. The number of hydrogen-bond donors (Lipinski definition) is 1. The van der Waals surface area contributed by atoms with E-state index in [-0.39, 0.29) is 11.6 Å². The molecule has 4 nitrogen and oxygen atoms in total. The van der Waals surface area contributed by atoms with Crippen LogP contribution in [0.5, 0.6) is 0 Å². The predicted octanol–water partition coefficient (Wildman–Crippen LogP) is 4.29. The van der Waals surface area contributed by atoms with E-state index in [9.17, 15) is 21.6 Å². The van der Waals surface area contributed by atoms with Gasteiger partial charge >= 0.3 is 6.18 Å². The van der Waals surface area contributed by atoms with Gasteiger partial charge in [0.2, 0.25) is 10.0 Å². The lowest BCUT2D eigenvalue weighted by molar-refractivity contribution is -0.139. The second-order valence-electron chi connectivity index (χ2n) is 6.11. The van der Waals surface area contributed by atoms with Crippen LogP contribution in [0.1, 0.15) is 23.6 Å². The normalized spacial score (nSPS) is 12.6. The van der Waals surface area contributed by atoms with Gasteiger partial charge in [0.1, 0.15) is 0 Å². The maximum absolute atomic E-state index is 13.2. The number of nitrogens with zero attached hydrogens (tertiary/aromatic N) is 1. The zero-order valence-electron chi connectivity index (χ0n) is 14.8. The van der Waals surface area contributed by atoms with Crippen LogP contribution in [-0.2, 0) is 29.3 Å². The van der Waals surface area contributed by atoms with Crippen molar-refractivity contribution < 1.29 is 21.6 Å². The standard InChI is InChI=1S/C18H20ClF3N2O2S/c1-3-24(2)12-14-6-4-5-13(9-14)11-23-27(25,26)17-8-7-15(19)10-16(17)18(20,21)22/h4-10,23H,3,11-12H2,1-2H3. The Hall–Kier alpha value is -1.61. The molecule has 0 unspecified atom stereocenters. The minimum absolute atomic E-state index is 0.119. The average molecular weight is 421 g/mol. The Balaban J connectivity index is 2.22. The molecule has 27 heavy (non-hydrogen) atoms. The monoisotopic (exact) mass is 420 g/mol. The van der Waals surface area contributed by atoms with Crippen molar-refractivity contribution in [1.82, 2.24) is 9.62 Å². The zero-order chi connectivity index (χ0) is 20.2. The predicted molar refractivity (Wildman–Crippen MR) is 98.9 cm³/mol. The molecule has 0 radical (unpaired) electrons. The lowest BCUT2D eigenvalue weighted by Crippen LogP contribution is -2.26. The molecule has 2 aromatic rings. The summed E-state index contributed by atoms with van der Waals surface area (Å²) in [5.74, 6) is 0. The molecule has 1 N–H and O–H groups in total. The summed E-state index contributed by atoms with van der Waals surface area (Å²) in [5.41, 5.74) is 0.349. The van der Waals surface area contributed by atoms with Gasteiger partial charge in [0, 0.05) is 18.1 Å². The highest BCUT2D eigenvalue weighted by Crippen LogP contribution is 2.35. The Morgan fingerprint density at radius 3 is 2.41 bits per heavy atom. The SMILES string of the molecule is CCN(C)Cc1cccc(CNS(=O)(=O)c2ccc(Cl)cc2C(F)(F)F)c1. The fraction of sp³-hybridized carbons (Fsp3) is 0.333. The van der Waals surface area contributed by atoms with Gasteiger partial charge in [0.05, 0.1) is 10.5 Å². The van der Waals surface area contributed by atoms with Crippen molar-refractivity contribution >= 4 is 21.6 Å². The number of hydrogen-bond acceptors (Lipinski definition) is 3. The van der Waals surface area contributed by atoms with E-state index in [0.29, 0.717) is 18.2 Å². The van der Waals surface area contributed by atoms with E-state index >= 15 is 0 Å². The molecule has 0 amide bonds. The molecule has 0 bridgehead atoms. The van der Waals surface area contributed by atoms with Crippen molar-refractivity contribution in [3.63, 3.8) is 0 Å². The third-order valence-corrected chi connectivity index (χ3v) is 5.68. The van der Waals surface area contributed by atoms with Crippen molar-refractivity contribution in [2.75, 3.05) is 13.6 Å². The molecular formula is C18H20ClF3N2O2S. The summed E-state index contributed by atoms with van der Waals surface area (Å²) in [6.45, 7) is 3.44. The highest BCUT2D eigenvalue weighted by atomic mass is 35.5. The average Bonchev–Trinajstić information content (AvgIpc) is 2.59. The third-order valence-electron chi connectivity index (χ3n) is 3.99. The fourth-order valence-electron chi connectivity index (χ4n) is 2.48. The number of alkyl halides is 3. The van der Waals surface area contributed by atoms with Crippen molar-refractivity contribution in [2.24, 2.45) is 0 Å². The maximum Gasteiger partial charge on any atom is 0.417 e. The van der Waals surface area contributed by atoms with Gasteiger partial charge in [-0.25, -0.2) is 13.1 Å². The molecule has 0 aromatic heterocycles. The van der Waals surface area contributed by atoms with E-state index in [1.807, 2.05) is 26.1 Å². The summed E-state index contributed by atoms with van der Waals surface area (Å²) < 4.78 is 66.6. The number of benzene rings is 2. The van der Waals surface area contributed by atoms with Crippen molar-refractivity contribution in [1.29, 1.82) is 0 Å². The van der Waals surface area contributed by atoms with Gasteiger partial charge in [0.15, 0.2) is 0 Å². The van der Waals surface area contributed by atoms with Gasteiger partial charge < -0.3 is 4.90 Å². The summed E-state index contributed by atoms with van der Waals surface area (Å²) in [6, 6.07) is 9.81. The first-order valence-corrected chi connectivity index (χ1v) is 10.0. The largest absolute Gasteiger partial charge is 0.417 e. The molecular weight excluding hydrogens is 401 g/mol. The highest BCUT2D eigenvalue weighted by Gasteiger charge is 2.37. The van der Waals surface area contributed by atoms with Crippen LogP contribution < -0.4 is 4.72 Å². The first-order chi connectivity index (χ1) is 12.5. The van der Waals surface area contributed by atoms with Crippen LogP contribution in [0.25, 0.3) is 0 Å². The minimum atomic E-state index is -4.83. The Kier molecular flexibility index (Phi) is 6.91. The number of nitrogens with one attached hydrogen (secondary N) is 1. The van der Waals surface area contributed by atoms with Gasteiger partial charge in [-0.1, -0.05) is 42.8 Å². The molecule has 2 aromatic carbocycles. The van der Waals surface area contributed by atoms with Crippen LogP contribution in [0.2, 0.25) is 5.02 Å². The molecule has 0 aliphatic heterocycles. The molecule has 9 heteroatoms. The van der Waals surface area contributed by atoms with E-state index in [2.05, 4.69) is 9.62 Å². The molecule has 0 aliphatic carbocycles. The highest BCUT2D eigenvalue weighted by molar-refractivity contribution is 7.89. The fourth-order valence-corrected chi connectivity index (χ4v) is 3.87. The first-order valence-electron chi connectivity index (χ1n) is 8.15. The van der Waals surface area contributed by atoms with Crippen LogP contribution in [0.3, 0.4) is 0 Å². The number of rotatable bonds is 7. The van der Waals surface area contributed by atoms with Crippen LogP contribution >= 0.6 is 11.6 Å². The van der Waals surface area contributed by atoms with Crippen LogP contribution in [0, 0.1) is 0 Å². The summed E-state index contributed by atoms with van der Waals surface area (Å²) in [5, 5.41) is -0.186. The smallest absolute Gasteiger partial charge is 0.302 e.